The molecule has 0 aromatic rings. The first-order valence-corrected chi connectivity index (χ1v) is 5.44. The average Bonchev–Trinajstić information content (AvgIpc) is 2.10. The van der Waals surface area contributed by atoms with E-state index in [2.05, 4.69) is 16.0 Å². The van der Waals surface area contributed by atoms with Gasteiger partial charge in [-0.3, -0.25) is 9.59 Å². The van der Waals surface area contributed by atoms with E-state index in [-0.39, 0.29) is 17.7 Å². The number of hydrogen-bond acceptors (Lipinski definition) is 3. The highest BCUT2D eigenvalue weighted by molar-refractivity contribution is 5.88. The Balaban J connectivity index is 2.24. The van der Waals surface area contributed by atoms with Crippen molar-refractivity contribution < 1.29 is 9.59 Å². The molecule has 0 spiro atoms. The van der Waals surface area contributed by atoms with E-state index in [1.165, 1.54) is 0 Å². The zero-order valence-electron chi connectivity index (χ0n) is 9.30. The van der Waals surface area contributed by atoms with E-state index in [4.69, 9.17) is 0 Å². The highest BCUT2D eigenvalue weighted by atomic mass is 16.2. The van der Waals surface area contributed by atoms with Crippen LogP contribution in [-0.2, 0) is 9.59 Å². The normalized spacial score (nSPS) is 17.7. The maximum Gasteiger partial charge on any atom is 0.242 e. The molecule has 86 valence electrons. The number of rotatable bonds is 5. The Morgan fingerprint density at radius 1 is 1.47 bits per heavy atom. The van der Waals surface area contributed by atoms with Crippen molar-refractivity contribution in [2.24, 2.45) is 5.92 Å². The SMILES string of the molecule is CCCNC(=O)C(C)NC(=O)C1CNC1. The van der Waals surface area contributed by atoms with Crippen LogP contribution in [0.5, 0.6) is 0 Å². The van der Waals surface area contributed by atoms with E-state index in [0.29, 0.717) is 6.54 Å². The van der Waals surface area contributed by atoms with Crippen molar-refractivity contribution in [1.82, 2.24) is 16.0 Å². The van der Waals surface area contributed by atoms with Crippen LogP contribution in [0.3, 0.4) is 0 Å². The molecule has 1 aliphatic rings. The fourth-order valence-electron chi connectivity index (χ4n) is 1.27. The van der Waals surface area contributed by atoms with Gasteiger partial charge in [-0.1, -0.05) is 6.92 Å². The third kappa shape index (κ3) is 3.51. The molecular formula is C10H19N3O2. The van der Waals surface area contributed by atoms with Gasteiger partial charge in [0, 0.05) is 19.6 Å². The third-order valence-electron chi connectivity index (χ3n) is 2.45. The van der Waals surface area contributed by atoms with Crippen LogP contribution in [0.4, 0.5) is 0 Å². The molecule has 5 heteroatoms. The Hall–Kier alpha value is -1.10. The summed E-state index contributed by atoms with van der Waals surface area (Å²) in [6, 6.07) is -0.440. The molecule has 0 aromatic heterocycles. The molecule has 1 heterocycles. The van der Waals surface area contributed by atoms with Gasteiger partial charge >= 0.3 is 0 Å². The zero-order chi connectivity index (χ0) is 11.3. The van der Waals surface area contributed by atoms with Crippen LogP contribution in [0, 0.1) is 5.92 Å². The molecule has 0 bridgehead atoms. The summed E-state index contributed by atoms with van der Waals surface area (Å²) < 4.78 is 0. The van der Waals surface area contributed by atoms with Crippen LogP contribution in [0.15, 0.2) is 0 Å². The van der Waals surface area contributed by atoms with Crippen molar-refractivity contribution in [2.75, 3.05) is 19.6 Å². The molecule has 1 aliphatic heterocycles. The molecule has 1 atom stereocenters. The standard InChI is InChI=1S/C10H19N3O2/c1-3-4-12-9(14)7(2)13-10(15)8-5-11-6-8/h7-8,11H,3-6H2,1-2H3,(H,12,14)(H,13,15). The minimum Gasteiger partial charge on any atom is -0.354 e. The Morgan fingerprint density at radius 2 is 2.13 bits per heavy atom. The van der Waals surface area contributed by atoms with E-state index >= 15 is 0 Å². The smallest absolute Gasteiger partial charge is 0.242 e. The highest BCUT2D eigenvalue weighted by Gasteiger charge is 2.26. The van der Waals surface area contributed by atoms with Gasteiger partial charge in [-0.25, -0.2) is 0 Å². The lowest BCUT2D eigenvalue weighted by molar-refractivity contribution is -0.131. The summed E-state index contributed by atoms with van der Waals surface area (Å²) in [7, 11) is 0. The van der Waals surface area contributed by atoms with Gasteiger partial charge in [-0.2, -0.15) is 0 Å². The number of nitrogens with one attached hydrogen (secondary N) is 3. The molecule has 2 amide bonds. The molecule has 15 heavy (non-hydrogen) atoms. The molecule has 1 fully saturated rings. The monoisotopic (exact) mass is 213 g/mol. The van der Waals surface area contributed by atoms with Crippen LogP contribution in [0.25, 0.3) is 0 Å². The van der Waals surface area contributed by atoms with Gasteiger partial charge < -0.3 is 16.0 Å². The first-order valence-electron chi connectivity index (χ1n) is 5.44. The number of amides is 2. The van der Waals surface area contributed by atoms with Gasteiger partial charge in [0.25, 0.3) is 0 Å². The molecular weight excluding hydrogens is 194 g/mol. The van der Waals surface area contributed by atoms with Crippen molar-refractivity contribution in [3.63, 3.8) is 0 Å². The van der Waals surface area contributed by atoms with Crippen molar-refractivity contribution in [3.8, 4) is 0 Å². The molecule has 0 saturated carbocycles. The molecule has 0 aromatic carbocycles. The first-order chi connectivity index (χ1) is 7.15. The van der Waals surface area contributed by atoms with Crippen molar-refractivity contribution in [2.45, 2.75) is 26.3 Å². The van der Waals surface area contributed by atoms with Gasteiger partial charge in [-0.05, 0) is 13.3 Å². The van der Waals surface area contributed by atoms with Crippen LogP contribution >= 0.6 is 0 Å². The minimum atomic E-state index is -0.440. The van der Waals surface area contributed by atoms with E-state index < -0.39 is 6.04 Å². The largest absolute Gasteiger partial charge is 0.354 e. The lowest BCUT2D eigenvalue weighted by Crippen LogP contribution is -2.54. The van der Waals surface area contributed by atoms with Crippen LogP contribution < -0.4 is 16.0 Å². The summed E-state index contributed by atoms with van der Waals surface area (Å²) in [4.78, 5) is 22.9. The predicted molar refractivity (Wildman–Crippen MR) is 57.3 cm³/mol. The van der Waals surface area contributed by atoms with E-state index in [0.717, 1.165) is 19.5 Å². The highest BCUT2D eigenvalue weighted by Crippen LogP contribution is 2.02. The topological polar surface area (TPSA) is 70.2 Å². The van der Waals surface area contributed by atoms with E-state index in [1.807, 2.05) is 6.92 Å². The third-order valence-corrected chi connectivity index (χ3v) is 2.45. The van der Waals surface area contributed by atoms with Gasteiger partial charge in [0.1, 0.15) is 6.04 Å². The van der Waals surface area contributed by atoms with Gasteiger partial charge in [-0.15, -0.1) is 0 Å². The summed E-state index contributed by atoms with van der Waals surface area (Å²) in [5.41, 5.74) is 0. The summed E-state index contributed by atoms with van der Waals surface area (Å²) in [5.74, 6) is -0.114. The molecule has 0 aliphatic carbocycles. The van der Waals surface area contributed by atoms with Crippen molar-refractivity contribution in [1.29, 1.82) is 0 Å². The fraction of sp³-hybridized carbons (Fsp3) is 0.800. The van der Waals surface area contributed by atoms with Crippen molar-refractivity contribution >= 4 is 11.8 Å². The predicted octanol–water partition coefficient (Wildman–Crippen LogP) is -0.763. The summed E-state index contributed by atoms with van der Waals surface area (Å²) >= 11 is 0. The Kier molecular flexibility index (Phi) is 4.55. The molecule has 5 nitrogen and oxygen atoms in total. The van der Waals surface area contributed by atoms with Gasteiger partial charge in [0.15, 0.2) is 0 Å². The van der Waals surface area contributed by atoms with Crippen LogP contribution in [-0.4, -0.2) is 37.5 Å². The summed E-state index contributed by atoms with van der Waals surface area (Å²) in [6.07, 6.45) is 0.902. The second kappa shape index (κ2) is 5.70. The fourth-order valence-corrected chi connectivity index (χ4v) is 1.27. The zero-order valence-corrected chi connectivity index (χ0v) is 9.30. The van der Waals surface area contributed by atoms with Crippen LogP contribution in [0.2, 0.25) is 0 Å². The Bertz CT molecular complexity index is 239. The summed E-state index contributed by atoms with van der Waals surface area (Å²) in [5, 5.41) is 8.46. The second-order valence-corrected chi connectivity index (χ2v) is 3.88. The molecule has 0 radical (unpaired) electrons. The number of carbonyl (C=O) groups excluding carboxylic acids is 2. The molecule has 1 rings (SSSR count). The Morgan fingerprint density at radius 3 is 2.60 bits per heavy atom. The second-order valence-electron chi connectivity index (χ2n) is 3.88. The quantitative estimate of drug-likeness (QED) is 0.562. The van der Waals surface area contributed by atoms with Gasteiger partial charge in [0.2, 0.25) is 11.8 Å². The molecule has 3 N–H and O–H groups in total. The van der Waals surface area contributed by atoms with Crippen molar-refractivity contribution in [3.05, 3.63) is 0 Å². The number of hydrogen-bond donors (Lipinski definition) is 3. The minimum absolute atomic E-state index is 0.0337. The number of carbonyl (C=O) groups is 2. The molecule has 1 saturated heterocycles. The lowest BCUT2D eigenvalue weighted by atomic mass is 10.0. The molecule has 1 unspecified atom stereocenters. The van der Waals surface area contributed by atoms with E-state index in [9.17, 15) is 9.59 Å². The van der Waals surface area contributed by atoms with Crippen LogP contribution in [0.1, 0.15) is 20.3 Å². The lowest BCUT2D eigenvalue weighted by Gasteiger charge is -2.27. The summed E-state index contributed by atoms with van der Waals surface area (Å²) in [6.45, 7) is 5.78. The maximum absolute atomic E-state index is 11.5. The Labute approximate surface area is 90.0 Å². The van der Waals surface area contributed by atoms with E-state index in [1.54, 1.807) is 6.92 Å². The van der Waals surface area contributed by atoms with Gasteiger partial charge in [0.05, 0.1) is 5.92 Å². The first kappa shape index (κ1) is 12.0. The maximum atomic E-state index is 11.5. The average molecular weight is 213 g/mol.